The van der Waals surface area contributed by atoms with Gasteiger partial charge in [-0.15, -0.1) is 0 Å². The van der Waals surface area contributed by atoms with Crippen molar-refractivity contribution >= 4 is 10.8 Å². The highest BCUT2D eigenvalue weighted by molar-refractivity contribution is 5.94. The number of nitrogens with zero attached hydrogens (tertiary/aromatic N) is 1. The molecule has 124 valence electrons. The summed E-state index contributed by atoms with van der Waals surface area (Å²) in [7, 11) is 0. The van der Waals surface area contributed by atoms with Crippen LogP contribution in [-0.4, -0.2) is 13.6 Å². The molecule has 0 fully saturated rings. The Morgan fingerprint density at radius 1 is 0.880 bits per heavy atom. The highest BCUT2D eigenvalue weighted by atomic mass is 16.7. The molecule has 4 heterocycles. The molecule has 0 saturated heterocycles. The maximum atomic E-state index is 5.74. The van der Waals surface area contributed by atoms with E-state index in [1.807, 2.05) is 6.07 Å². The van der Waals surface area contributed by atoms with Gasteiger partial charge in [0.2, 0.25) is 19.3 Å². The summed E-state index contributed by atoms with van der Waals surface area (Å²) in [5.74, 6) is 3.38. The second-order valence-electron chi connectivity index (χ2n) is 6.64. The minimum Gasteiger partial charge on any atom is -0.454 e. The van der Waals surface area contributed by atoms with Gasteiger partial charge in [-0.25, -0.2) is 0 Å². The van der Waals surface area contributed by atoms with E-state index in [1.54, 1.807) is 0 Å². The van der Waals surface area contributed by atoms with Gasteiger partial charge in [-0.05, 0) is 35.2 Å². The van der Waals surface area contributed by atoms with E-state index in [9.17, 15) is 0 Å². The molecule has 5 nitrogen and oxygen atoms in total. The van der Waals surface area contributed by atoms with Crippen molar-refractivity contribution in [2.24, 2.45) is 0 Å². The molecule has 3 aliphatic rings. The van der Waals surface area contributed by atoms with Crippen molar-refractivity contribution in [3.05, 3.63) is 41.6 Å². The third kappa shape index (κ3) is 1.70. The van der Waals surface area contributed by atoms with Gasteiger partial charge in [-0.3, -0.25) is 0 Å². The Balaban J connectivity index is 1.66. The highest BCUT2D eigenvalue weighted by Gasteiger charge is 2.31. The first-order valence-electron chi connectivity index (χ1n) is 8.48. The topological polar surface area (TPSA) is 40.8 Å². The maximum Gasteiger partial charge on any atom is 0.231 e. The van der Waals surface area contributed by atoms with Crippen LogP contribution in [0.5, 0.6) is 23.0 Å². The lowest BCUT2D eigenvalue weighted by atomic mass is 9.94. The second-order valence-corrected chi connectivity index (χ2v) is 6.64. The van der Waals surface area contributed by atoms with Gasteiger partial charge in [0.1, 0.15) is 0 Å². The van der Waals surface area contributed by atoms with Gasteiger partial charge in [0.05, 0.1) is 10.9 Å². The molecule has 0 radical (unpaired) electrons. The summed E-state index contributed by atoms with van der Waals surface area (Å²) in [6, 6.07) is 10.6. The number of hydrogen-bond acceptors (Lipinski definition) is 4. The lowest BCUT2D eigenvalue weighted by molar-refractivity contribution is -0.692. The zero-order valence-corrected chi connectivity index (χ0v) is 13.8. The molecular weight excluding hydrogens is 318 g/mol. The molecule has 0 atom stereocenters. The number of hydrogen-bond donors (Lipinski definition) is 0. The van der Waals surface area contributed by atoms with Crippen LogP contribution in [0.25, 0.3) is 22.0 Å². The average molecular weight is 334 g/mol. The molecule has 0 bridgehead atoms. The fraction of sp³-hybridized carbons (Fsp3) is 0.250. The van der Waals surface area contributed by atoms with Crippen LogP contribution in [0.15, 0.2) is 30.3 Å². The van der Waals surface area contributed by atoms with Crippen LogP contribution < -0.4 is 23.5 Å². The van der Waals surface area contributed by atoms with E-state index in [-0.39, 0.29) is 0 Å². The van der Waals surface area contributed by atoms with E-state index in [4.69, 9.17) is 18.9 Å². The van der Waals surface area contributed by atoms with Gasteiger partial charge >= 0.3 is 0 Å². The Labute approximate surface area is 144 Å². The molecule has 3 aliphatic heterocycles. The molecule has 0 amide bonds. The largest absolute Gasteiger partial charge is 0.454 e. The Hall–Kier alpha value is -2.95. The quantitative estimate of drug-likeness (QED) is 0.592. The predicted molar refractivity (Wildman–Crippen MR) is 90.3 cm³/mol. The van der Waals surface area contributed by atoms with Crippen LogP contribution in [0.3, 0.4) is 0 Å². The molecule has 6 rings (SSSR count). The lowest BCUT2D eigenvalue weighted by Gasteiger charge is -2.18. The van der Waals surface area contributed by atoms with Crippen molar-refractivity contribution in [3.8, 4) is 34.3 Å². The predicted octanol–water partition coefficient (Wildman–Crippen LogP) is 3.12. The van der Waals surface area contributed by atoms with E-state index in [0.717, 1.165) is 41.3 Å². The summed E-state index contributed by atoms with van der Waals surface area (Å²) in [5, 5.41) is 2.31. The number of ether oxygens (including phenoxy) is 4. The van der Waals surface area contributed by atoms with Crippen molar-refractivity contribution in [3.63, 3.8) is 0 Å². The van der Waals surface area contributed by atoms with Crippen molar-refractivity contribution in [2.75, 3.05) is 13.6 Å². The summed E-state index contributed by atoms with van der Waals surface area (Å²) in [6.07, 6.45) is 0.975. The smallest absolute Gasteiger partial charge is 0.231 e. The van der Waals surface area contributed by atoms with Gasteiger partial charge in [-0.1, -0.05) is 0 Å². The minimum absolute atomic E-state index is 0.294. The van der Waals surface area contributed by atoms with Crippen molar-refractivity contribution in [2.45, 2.75) is 19.9 Å². The first-order chi connectivity index (χ1) is 12.3. The molecule has 0 saturated carbocycles. The van der Waals surface area contributed by atoms with Crippen LogP contribution in [0.4, 0.5) is 0 Å². The molecule has 3 aromatic rings. The lowest BCUT2D eigenvalue weighted by Crippen LogP contribution is -2.43. The van der Waals surface area contributed by atoms with Gasteiger partial charge < -0.3 is 18.9 Å². The van der Waals surface area contributed by atoms with E-state index in [1.165, 1.54) is 27.9 Å². The molecule has 0 N–H and O–H groups in total. The van der Waals surface area contributed by atoms with Crippen LogP contribution in [-0.2, 0) is 13.0 Å². The Kier molecular flexibility index (Phi) is 2.44. The van der Waals surface area contributed by atoms with Gasteiger partial charge in [0, 0.05) is 19.4 Å². The third-order valence-electron chi connectivity index (χ3n) is 5.40. The monoisotopic (exact) mass is 334 g/mol. The van der Waals surface area contributed by atoms with Crippen LogP contribution in [0.2, 0.25) is 0 Å². The minimum atomic E-state index is 0.294. The highest BCUT2D eigenvalue weighted by Crippen LogP contribution is 2.43. The van der Waals surface area contributed by atoms with Crippen LogP contribution in [0, 0.1) is 6.92 Å². The van der Waals surface area contributed by atoms with Gasteiger partial charge in [0.25, 0.3) is 0 Å². The molecule has 2 aromatic carbocycles. The van der Waals surface area contributed by atoms with Crippen LogP contribution >= 0.6 is 0 Å². The van der Waals surface area contributed by atoms with Crippen LogP contribution in [0.1, 0.15) is 11.3 Å². The summed E-state index contributed by atoms with van der Waals surface area (Å²) in [6.45, 7) is 3.69. The Morgan fingerprint density at radius 3 is 2.60 bits per heavy atom. The zero-order chi connectivity index (χ0) is 16.5. The Morgan fingerprint density at radius 2 is 1.68 bits per heavy atom. The van der Waals surface area contributed by atoms with Gasteiger partial charge in [-0.2, -0.15) is 4.57 Å². The van der Waals surface area contributed by atoms with Gasteiger partial charge in [0.15, 0.2) is 35.2 Å². The summed E-state index contributed by atoms with van der Waals surface area (Å²) >= 11 is 0. The summed E-state index contributed by atoms with van der Waals surface area (Å²) in [5.41, 5.74) is 4.95. The normalized spacial score (nSPS) is 16.0. The number of fused-ring (bicyclic) bond motifs is 7. The first-order valence-corrected chi connectivity index (χ1v) is 8.48. The fourth-order valence-electron chi connectivity index (χ4n) is 4.19. The zero-order valence-electron chi connectivity index (χ0n) is 13.8. The SMILES string of the molecule is Cc1c2c3c(ccc2cc2[n+]1CCc1cc4c(cc1-2)OCO4)OCO3. The average Bonchev–Trinajstić information content (AvgIpc) is 3.28. The fourth-order valence-corrected chi connectivity index (χ4v) is 4.19. The second kappa shape index (κ2) is 4.57. The maximum absolute atomic E-state index is 5.74. The molecule has 0 aliphatic carbocycles. The molecule has 25 heavy (non-hydrogen) atoms. The van der Waals surface area contributed by atoms with Crippen molar-refractivity contribution < 1.29 is 23.5 Å². The molecular formula is C20H16NO4+. The van der Waals surface area contributed by atoms with E-state index >= 15 is 0 Å². The molecule has 0 spiro atoms. The summed E-state index contributed by atoms with van der Waals surface area (Å²) < 4.78 is 24.8. The number of benzene rings is 2. The van der Waals surface area contributed by atoms with Crippen molar-refractivity contribution in [1.29, 1.82) is 0 Å². The summed E-state index contributed by atoms with van der Waals surface area (Å²) in [4.78, 5) is 0. The first kappa shape index (κ1) is 13.4. The van der Waals surface area contributed by atoms with E-state index in [0.29, 0.717) is 13.6 Å². The number of aryl methyl sites for hydroxylation is 2. The van der Waals surface area contributed by atoms with E-state index < -0.39 is 0 Å². The van der Waals surface area contributed by atoms with E-state index in [2.05, 4.69) is 35.8 Å². The molecule has 0 unspecified atom stereocenters. The molecule has 5 heteroatoms. The Bertz CT molecular complexity index is 1070. The number of rotatable bonds is 0. The number of pyridine rings is 1. The third-order valence-corrected chi connectivity index (χ3v) is 5.40. The number of aromatic nitrogens is 1. The standard InChI is InChI=1S/C20H16NO4/c1-11-19-13(2-3-16-20(19)25-10-22-16)6-15-14-8-18-17(23-9-24-18)7-12(14)4-5-21(11)15/h2-3,6-8H,4-5,9-10H2,1H3/q+1. The molecule has 1 aromatic heterocycles. The van der Waals surface area contributed by atoms with Crippen molar-refractivity contribution in [1.82, 2.24) is 0 Å².